The summed E-state index contributed by atoms with van der Waals surface area (Å²) in [5.74, 6) is 0. The largest absolute Gasteiger partial charge is 0.295 e. The van der Waals surface area contributed by atoms with E-state index in [9.17, 15) is 0 Å². The molecule has 0 aromatic heterocycles. The first-order valence-electron chi connectivity index (χ1n) is 5.08. The smallest absolute Gasteiger partial charge is 0.0236 e. The highest BCUT2D eigenvalue weighted by molar-refractivity contribution is 5.23. The molecule has 0 saturated carbocycles. The van der Waals surface area contributed by atoms with Crippen molar-refractivity contribution in [3.05, 3.63) is 48.6 Å². The van der Waals surface area contributed by atoms with Crippen LogP contribution in [0.15, 0.2) is 48.6 Å². The average Bonchev–Trinajstić information content (AvgIpc) is 2.20. The molecule has 0 unspecified atom stereocenters. The van der Waals surface area contributed by atoms with Crippen LogP contribution in [0.2, 0.25) is 0 Å². The van der Waals surface area contributed by atoms with E-state index in [0.29, 0.717) is 0 Å². The van der Waals surface area contributed by atoms with Gasteiger partial charge in [-0.1, -0.05) is 43.0 Å². The summed E-state index contributed by atoms with van der Waals surface area (Å²) in [4.78, 5) is 2.42. The van der Waals surface area contributed by atoms with Crippen LogP contribution >= 0.6 is 0 Å². The van der Waals surface area contributed by atoms with Crippen molar-refractivity contribution in [2.75, 3.05) is 19.6 Å². The van der Waals surface area contributed by atoms with Gasteiger partial charge in [0.15, 0.2) is 0 Å². The highest BCUT2D eigenvalue weighted by Crippen LogP contribution is 2.11. The number of rotatable bonds is 4. The van der Waals surface area contributed by atoms with Gasteiger partial charge in [0.05, 0.1) is 0 Å². The van der Waals surface area contributed by atoms with Gasteiger partial charge < -0.3 is 0 Å². The third-order valence-electron chi connectivity index (χ3n) is 2.52. The van der Waals surface area contributed by atoms with E-state index in [1.165, 1.54) is 17.6 Å². The predicted octanol–water partition coefficient (Wildman–Crippen LogP) is 2.94. The maximum atomic E-state index is 3.80. The Kier molecular flexibility index (Phi) is 4.41. The van der Waals surface area contributed by atoms with E-state index in [1.807, 2.05) is 18.2 Å². The van der Waals surface area contributed by atoms with Gasteiger partial charge in [0, 0.05) is 19.6 Å². The maximum Gasteiger partial charge on any atom is 0.0236 e. The van der Waals surface area contributed by atoms with Gasteiger partial charge in [-0.3, -0.25) is 4.90 Å². The van der Waals surface area contributed by atoms with Gasteiger partial charge in [0.2, 0.25) is 0 Å². The topological polar surface area (TPSA) is 3.24 Å². The molecule has 0 spiro atoms. The summed E-state index contributed by atoms with van der Waals surface area (Å²) < 4.78 is 0. The highest BCUT2D eigenvalue weighted by atomic mass is 15.1. The zero-order chi connectivity index (χ0) is 10.4. The molecule has 14 heavy (non-hydrogen) atoms. The molecule has 1 heterocycles. The van der Waals surface area contributed by atoms with Crippen LogP contribution < -0.4 is 0 Å². The fourth-order valence-corrected chi connectivity index (χ4v) is 1.55. The lowest BCUT2D eigenvalue weighted by Crippen LogP contribution is -2.30. The van der Waals surface area contributed by atoms with Crippen molar-refractivity contribution in [1.82, 2.24) is 4.90 Å². The second kappa shape index (κ2) is 5.61. The summed E-state index contributed by atoms with van der Waals surface area (Å²) in [6.07, 6.45) is 9.25. The number of allylic oxidation sites excluding steroid dienone is 2. The Morgan fingerprint density at radius 3 is 2.86 bits per heavy atom. The Hall–Kier alpha value is -1.08. The predicted molar refractivity (Wildman–Crippen MR) is 63.3 cm³/mol. The zero-order valence-corrected chi connectivity index (χ0v) is 9.00. The van der Waals surface area contributed by atoms with E-state index >= 15 is 0 Å². The molecular weight excluding hydrogens is 170 g/mol. The van der Waals surface area contributed by atoms with Crippen molar-refractivity contribution in [2.45, 2.75) is 13.3 Å². The first-order chi connectivity index (χ1) is 6.76. The minimum atomic E-state index is 0.985. The standard InChI is InChI=1S/C13H19N/c1-4-6-13(5-2)11-14-9-7-12(3)8-10-14/h4-7H,1-2,8-11H2,3H3/b13-6+. The van der Waals surface area contributed by atoms with Gasteiger partial charge in [-0.15, -0.1) is 0 Å². The summed E-state index contributed by atoms with van der Waals surface area (Å²) in [5.41, 5.74) is 2.75. The molecule has 0 amide bonds. The minimum Gasteiger partial charge on any atom is -0.295 e. The van der Waals surface area contributed by atoms with Crippen molar-refractivity contribution in [3.63, 3.8) is 0 Å². The van der Waals surface area contributed by atoms with Crippen LogP contribution in [0.1, 0.15) is 13.3 Å². The number of hydrogen-bond acceptors (Lipinski definition) is 1. The first kappa shape index (κ1) is 11.0. The maximum absolute atomic E-state index is 3.80. The quantitative estimate of drug-likeness (QED) is 0.485. The van der Waals surface area contributed by atoms with Crippen LogP contribution in [-0.4, -0.2) is 24.5 Å². The van der Waals surface area contributed by atoms with Crippen LogP contribution in [0.3, 0.4) is 0 Å². The third-order valence-corrected chi connectivity index (χ3v) is 2.52. The highest BCUT2D eigenvalue weighted by Gasteiger charge is 2.08. The molecule has 0 radical (unpaired) electrons. The van der Waals surface area contributed by atoms with E-state index in [0.717, 1.165) is 19.6 Å². The van der Waals surface area contributed by atoms with Crippen LogP contribution in [0.4, 0.5) is 0 Å². The van der Waals surface area contributed by atoms with Gasteiger partial charge >= 0.3 is 0 Å². The Balaban J connectivity index is 2.48. The average molecular weight is 189 g/mol. The molecule has 1 nitrogen and oxygen atoms in total. The zero-order valence-electron chi connectivity index (χ0n) is 9.00. The molecule has 1 rings (SSSR count). The van der Waals surface area contributed by atoms with E-state index in [4.69, 9.17) is 0 Å². The Labute approximate surface area is 87.1 Å². The molecular formula is C13H19N. The van der Waals surface area contributed by atoms with Crippen molar-refractivity contribution >= 4 is 0 Å². The second-order valence-electron chi connectivity index (χ2n) is 3.72. The summed E-state index contributed by atoms with van der Waals surface area (Å²) in [6, 6.07) is 0. The minimum absolute atomic E-state index is 0.985. The molecule has 76 valence electrons. The third kappa shape index (κ3) is 3.35. The lowest BCUT2D eigenvalue weighted by Gasteiger charge is -2.25. The molecule has 1 aliphatic rings. The van der Waals surface area contributed by atoms with Gasteiger partial charge in [-0.05, 0) is 18.9 Å². The van der Waals surface area contributed by atoms with Crippen LogP contribution in [0.5, 0.6) is 0 Å². The summed E-state index contributed by atoms with van der Waals surface area (Å²) in [7, 11) is 0. The van der Waals surface area contributed by atoms with E-state index in [2.05, 4.69) is 31.1 Å². The second-order valence-corrected chi connectivity index (χ2v) is 3.72. The fourth-order valence-electron chi connectivity index (χ4n) is 1.55. The number of hydrogen-bond donors (Lipinski definition) is 0. The SMILES string of the molecule is C=C/C=C(\C=C)CN1CC=C(C)CC1. The lowest BCUT2D eigenvalue weighted by molar-refractivity contribution is 0.320. The molecule has 0 bridgehead atoms. The van der Waals surface area contributed by atoms with Crippen LogP contribution in [0.25, 0.3) is 0 Å². The number of nitrogens with zero attached hydrogens (tertiary/aromatic N) is 1. The van der Waals surface area contributed by atoms with Crippen LogP contribution in [0, 0.1) is 0 Å². The van der Waals surface area contributed by atoms with E-state index in [1.54, 1.807) is 0 Å². The normalized spacial score (nSPS) is 18.9. The molecule has 0 aliphatic carbocycles. The van der Waals surface area contributed by atoms with Gasteiger partial charge in [0.25, 0.3) is 0 Å². The molecule has 0 atom stereocenters. The Morgan fingerprint density at radius 1 is 1.57 bits per heavy atom. The molecule has 0 fully saturated rings. The molecule has 0 saturated heterocycles. The Morgan fingerprint density at radius 2 is 2.36 bits per heavy atom. The molecule has 0 aromatic carbocycles. The van der Waals surface area contributed by atoms with Crippen molar-refractivity contribution < 1.29 is 0 Å². The van der Waals surface area contributed by atoms with E-state index in [-0.39, 0.29) is 0 Å². The molecule has 1 heteroatoms. The Bertz CT molecular complexity index is 271. The first-order valence-corrected chi connectivity index (χ1v) is 5.08. The van der Waals surface area contributed by atoms with Gasteiger partial charge in [-0.2, -0.15) is 0 Å². The van der Waals surface area contributed by atoms with Crippen molar-refractivity contribution in [1.29, 1.82) is 0 Å². The molecule has 1 aliphatic heterocycles. The van der Waals surface area contributed by atoms with Crippen molar-refractivity contribution in [2.24, 2.45) is 0 Å². The lowest BCUT2D eigenvalue weighted by atomic mass is 10.1. The molecule has 0 aromatic rings. The fraction of sp³-hybridized carbons (Fsp3) is 0.385. The van der Waals surface area contributed by atoms with Gasteiger partial charge in [-0.25, -0.2) is 0 Å². The summed E-state index contributed by atoms with van der Waals surface area (Å²) in [6.45, 7) is 12.9. The van der Waals surface area contributed by atoms with Gasteiger partial charge in [0.1, 0.15) is 0 Å². The monoisotopic (exact) mass is 189 g/mol. The molecule has 0 N–H and O–H groups in total. The van der Waals surface area contributed by atoms with Crippen molar-refractivity contribution in [3.8, 4) is 0 Å². The summed E-state index contributed by atoms with van der Waals surface area (Å²) in [5, 5.41) is 0. The van der Waals surface area contributed by atoms with E-state index < -0.39 is 0 Å². The van der Waals surface area contributed by atoms with Crippen LogP contribution in [-0.2, 0) is 0 Å². The summed E-state index contributed by atoms with van der Waals surface area (Å²) >= 11 is 0.